The minimum Gasteiger partial charge on any atom is -0.375 e. The van der Waals surface area contributed by atoms with Gasteiger partial charge in [-0.15, -0.1) is 0 Å². The van der Waals surface area contributed by atoms with E-state index in [2.05, 4.69) is 24.9 Å². The molecule has 1 spiro atoms. The van der Waals surface area contributed by atoms with Gasteiger partial charge < -0.3 is 10.1 Å². The largest absolute Gasteiger partial charge is 0.375 e. The minimum absolute atomic E-state index is 0.158. The number of nitrogens with one attached hydrogen (secondary N) is 1. The lowest BCUT2D eigenvalue weighted by Gasteiger charge is -2.55. The van der Waals surface area contributed by atoms with E-state index in [4.69, 9.17) is 9.73 Å². The molecule has 19 heavy (non-hydrogen) atoms. The standard InChI is InChI=1S/C16H22N2O/c1-4-6-14-15(7-5-2)17-11(3)18-16(14)10-19-13-8-12(16)9-13/h5-7,12-13H,2,4,8-10H2,1,3H3,(H,17,18)/b14-6+,15-7+. The lowest BCUT2D eigenvalue weighted by Crippen LogP contribution is -2.60. The summed E-state index contributed by atoms with van der Waals surface area (Å²) in [6.07, 6.45) is 9.98. The highest BCUT2D eigenvalue weighted by molar-refractivity contribution is 5.85. The van der Waals surface area contributed by atoms with Gasteiger partial charge in [0, 0.05) is 11.3 Å². The zero-order chi connectivity index (χ0) is 13.5. The first-order valence-corrected chi connectivity index (χ1v) is 7.18. The van der Waals surface area contributed by atoms with Crippen LogP contribution in [0.4, 0.5) is 0 Å². The van der Waals surface area contributed by atoms with Gasteiger partial charge in [-0.2, -0.15) is 0 Å². The maximum absolute atomic E-state index is 5.96. The van der Waals surface area contributed by atoms with Gasteiger partial charge >= 0.3 is 0 Å². The van der Waals surface area contributed by atoms with Crippen molar-refractivity contribution in [3.05, 3.63) is 36.1 Å². The van der Waals surface area contributed by atoms with Crippen LogP contribution < -0.4 is 5.32 Å². The van der Waals surface area contributed by atoms with E-state index in [1.54, 1.807) is 0 Å². The first kappa shape index (κ1) is 12.7. The van der Waals surface area contributed by atoms with Crippen LogP contribution in [-0.2, 0) is 4.74 Å². The second-order valence-electron chi connectivity index (χ2n) is 5.69. The number of aliphatic imine (C=N–C) groups is 1. The fourth-order valence-corrected chi connectivity index (χ4v) is 3.50. The van der Waals surface area contributed by atoms with Crippen LogP contribution in [-0.4, -0.2) is 24.1 Å². The Hall–Kier alpha value is -1.35. The Balaban J connectivity index is 2.08. The summed E-state index contributed by atoms with van der Waals surface area (Å²) in [5.74, 6) is 1.62. The lowest BCUT2D eigenvalue weighted by atomic mass is 9.63. The molecule has 1 atom stereocenters. The van der Waals surface area contributed by atoms with E-state index < -0.39 is 0 Å². The van der Waals surface area contributed by atoms with Crippen molar-refractivity contribution in [2.75, 3.05) is 6.61 Å². The third kappa shape index (κ3) is 1.88. The molecule has 2 bridgehead atoms. The number of hydrogen-bond donors (Lipinski definition) is 1. The first-order valence-electron chi connectivity index (χ1n) is 7.18. The summed E-state index contributed by atoms with van der Waals surface area (Å²) < 4.78 is 5.96. The average Bonchev–Trinajstić information content (AvgIpc) is 2.33. The smallest absolute Gasteiger partial charge is 0.116 e. The Kier molecular flexibility index (Phi) is 3.09. The Morgan fingerprint density at radius 2 is 2.32 bits per heavy atom. The van der Waals surface area contributed by atoms with E-state index in [1.807, 2.05) is 19.1 Å². The van der Waals surface area contributed by atoms with Gasteiger partial charge in [0.2, 0.25) is 0 Å². The third-order valence-electron chi connectivity index (χ3n) is 4.44. The second-order valence-corrected chi connectivity index (χ2v) is 5.69. The summed E-state index contributed by atoms with van der Waals surface area (Å²) >= 11 is 0. The Morgan fingerprint density at radius 3 is 2.89 bits per heavy atom. The van der Waals surface area contributed by atoms with Crippen LogP contribution in [0.15, 0.2) is 41.1 Å². The van der Waals surface area contributed by atoms with Gasteiger partial charge in [-0.1, -0.05) is 25.7 Å². The molecule has 102 valence electrons. The molecule has 3 heterocycles. The fourth-order valence-electron chi connectivity index (χ4n) is 3.50. The van der Waals surface area contributed by atoms with Crippen molar-refractivity contribution in [2.24, 2.45) is 10.9 Å². The molecular formula is C16H22N2O. The number of nitrogens with zero attached hydrogens (tertiary/aromatic N) is 1. The number of fused-ring (bicyclic) bond motifs is 1. The van der Waals surface area contributed by atoms with Crippen molar-refractivity contribution in [3.8, 4) is 0 Å². The summed E-state index contributed by atoms with van der Waals surface area (Å²) in [5, 5.41) is 3.38. The molecule has 2 saturated heterocycles. The molecule has 3 heteroatoms. The second kappa shape index (κ2) is 4.64. The molecule has 0 aromatic carbocycles. The summed E-state index contributed by atoms with van der Waals surface area (Å²) in [6.45, 7) is 8.75. The van der Waals surface area contributed by atoms with Crippen molar-refractivity contribution in [1.29, 1.82) is 0 Å². The van der Waals surface area contributed by atoms with Gasteiger partial charge in [0.15, 0.2) is 0 Å². The van der Waals surface area contributed by atoms with E-state index >= 15 is 0 Å². The molecule has 0 radical (unpaired) electrons. The molecule has 1 saturated carbocycles. The van der Waals surface area contributed by atoms with Crippen molar-refractivity contribution in [2.45, 2.75) is 44.8 Å². The molecule has 3 aliphatic heterocycles. The molecule has 0 aromatic rings. The van der Waals surface area contributed by atoms with Crippen molar-refractivity contribution < 1.29 is 4.74 Å². The Morgan fingerprint density at radius 1 is 1.53 bits per heavy atom. The SMILES string of the molecule is C=C/C=C1/NC(C)=NC2(COC3CC2C3)/C1=C/CC. The zero-order valence-electron chi connectivity index (χ0n) is 11.8. The topological polar surface area (TPSA) is 33.6 Å². The molecule has 4 aliphatic rings. The zero-order valence-corrected chi connectivity index (χ0v) is 11.8. The predicted octanol–water partition coefficient (Wildman–Crippen LogP) is 2.96. The molecule has 0 aromatic heterocycles. The van der Waals surface area contributed by atoms with Gasteiger partial charge in [0.05, 0.1) is 18.5 Å². The summed E-state index contributed by atoms with van der Waals surface area (Å²) in [5.41, 5.74) is 2.27. The average molecular weight is 258 g/mol. The monoisotopic (exact) mass is 258 g/mol. The molecule has 4 rings (SSSR count). The van der Waals surface area contributed by atoms with Crippen LogP contribution >= 0.6 is 0 Å². The van der Waals surface area contributed by atoms with Crippen molar-refractivity contribution in [1.82, 2.24) is 5.32 Å². The normalized spacial score (nSPS) is 40.8. The van der Waals surface area contributed by atoms with E-state index in [9.17, 15) is 0 Å². The molecule has 3 nitrogen and oxygen atoms in total. The molecule has 3 fully saturated rings. The van der Waals surface area contributed by atoms with E-state index in [0.717, 1.165) is 37.4 Å². The van der Waals surface area contributed by atoms with Crippen LogP contribution in [0.3, 0.4) is 0 Å². The number of allylic oxidation sites excluding steroid dienone is 3. The van der Waals surface area contributed by atoms with Gasteiger partial charge in [0.1, 0.15) is 5.54 Å². The van der Waals surface area contributed by atoms with E-state index in [1.165, 1.54) is 5.57 Å². The molecule has 0 amide bonds. The first-order chi connectivity index (χ1) is 9.19. The van der Waals surface area contributed by atoms with Crippen molar-refractivity contribution in [3.63, 3.8) is 0 Å². The van der Waals surface area contributed by atoms with Crippen LogP contribution in [0, 0.1) is 5.92 Å². The maximum atomic E-state index is 5.96. The number of rotatable bonds is 2. The maximum Gasteiger partial charge on any atom is 0.116 e. The number of hydrogen-bond acceptors (Lipinski definition) is 3. The van der Waals surface area contributed by atoms with E-state index in [-0.39, 0.29) is 5.54 Å². The lowest BCUT2D eigenvalue weighted by molar-refractivity contribution is -0.127. The molecule has 1 N–H and O–H groups in total. The van der Waals surface area contributed by atoms with Crippen LogP contribution in [0.1, 0.15) is 33.1 Å². The van der Waals surface area contributed by atoms with Gasteiger partial charge in [-0.25, -0.2) is 0 Å². The van der Waals surface area contributed by atoms with Gasteiger partial charge in [-0.3, -0.25) is 4.99 Å². The molecule has 1 unspecified atom stereocenters. The van der Waals surface area contributed by atoms with Crippen LogP contribution in [0.2, 0.25) is 0 Å². The van der Waals surface area contributed by atoms with Gasteiger partial charge in [-0.05, 0) is 38.2 Å². The number of amidine groups is 1. The quantitative estimate of drug-likeness (QED) is 0.826. The molecular weight excluding hydrogens is 236 g/mol. The Labute approximate surface area is 115 Å². The minimum atomic E-state index is -0.158. The summed E-state index contributed by atoms with van der Waals surface area (Å²) in [7, 11) is 0. The summed E-state index contributed by atoms with van der Waals surface area (Å²) in [6, 6.07) is 0. The number of ether oxygens (including phenoxy) is 1. The van der Waals surface area contributed by atoms with Crippen LogP contribution in [0.5, 0.6) is 0 Å². The fraction of sp³-hybridized carbons (Fsp3) is 0.562. The van der Waals surface area contributed by atoms with Gasteiger partial charge in [0.25, 0.3) is 0 Å². The molecule has 1 aliphatic carbocycles. The van der Waals surface area contributed by atoms with E-state index in [0.29, 0.717) is 12.0 Å². The highest BCUT2D eigenvalue weighted by atomic mass is 16.5. The summed E-state index contributed by atoms with van der Waals surface area (Å²) in [4.78, 5) is 4.96. The van der Waals surface area contributed by atoms with Crippen molar-refractivity contribution >= 4 is 5.84 Å². The highest BCUT2D eigenvalue weighted by Gasteiger charge is 2.55. The Bertz CT molecular complexity index is 480. The highest BCUT2D eigenvalue weighted by Crippen LogP contribution is 2.51. The predicted molar refractivity (Wildman–Crippen MR) is 78.1 cm³/mol. The third-order valence-corrected chi connectivity index (χ3v) is 4.44. The van der Waals surface area contributed by atoms with Crippen LogP contribution in [0.25, 0.3) is 0 Å².